The number of hydrogen-bond donors (Lipinski definition) is 1. The predicted molar refractivity (Wildman–Crippen MR) is 102 cm³/mol. The Morgan fingerprint density at radius 1 is 0.929 bits per heavy atom. The number of amides is 3. The van der Waals surface area contributed by atoms with E-state index in [9.17, 15) is 14.4 Å². The van der Waals surface area contributed by atoms with Crippen LogP contribution in [0.5, 0.6) is 0 Å². The van der Waals surface area contributed by atoms with Crippen LogP contribution < -0.4 is 5.32 Å². The summed E-state index contributed by atoms with van der Waals surface area (Å²) in [6.07, 6.45) is 2.21. The molecule has 0 aliphatic carbocycles. The summed E-state index contributed by atoms with van der Waals surface area (Å²) in [5, 5.41) is 2.85. The van der Waals surface area contributed by atoms with E-state index in [1.165, 1.54) is 18.4 Å². The van der Waals surface area contributed by atoms with E-state index in [4.69, 9.17) is 4.42 Å². The van der Waals surface area contributed by atoms with Crippen LogP contribution in [0.1, 0.15) is 42.4 Å². The maximum Gasteiger partial charge on any atom is 0.261 e. The zero-order valence-corrected chi connectivity index (χ0v) is 15.1. The van der Waals surface area contributed by atoms with E-state index >= 15 is 0 Å². The Morgan fingerprint density at radius 2 is 1.71 bits per heavy atom. The maximum atomic E-state index is 12.6. The van der Waals surface area contributed by atoms with E-state index in [-0.39, 0.29) is 23.9 Å². The molecule has 0 unspecified atom stereocenters. The molecular formula is C22H18N2O4. The molecule has 1 N–H and O–H groups in total. The summed E-state index contributed by atoms with van der Waals surface area (Å²) in [4.78, 5) is 38.7. The van der Waals surface area contributed by atoms with E-state index in [2.05, 4.69) is 5.32 Å². The SMILES string of the molecule is O=C(NCCc1ccccc1)c1ccc2c(c1)C(=O)N(Cc1ccco1)C2=O. The van der Waals surface area contributed by atoms with Crippen LogP contribution in [0.2, 0.25) is 0 Å². The summed E-state index contributed by atoms with van der Waals surface area (Å²) in [5.74, 6) is -0.556. The number of furan rings is 1. The van der Waals surface area contributed by atoms with Gasteiger partial charge in [-0.05, 0) is 42.3 Å². The van der Waals surface area contributed by atoms with Gasteiger partial charge in [0.05, 0.1) is 23.9 Å². The van der Waals surface area contributed by atoms with E-state index in [1.807, 2.05) is 30.3 Å². The van der Waals surface area contributed by atoms with Gasteiger partial charge in [0.25, 0.3) is 17.7 Å². The lowest BCUT2D eigenvalue weighted by Crippen LogP contribution is -2.28. The molecule has 0 saturated heterocycles. The fraction of sp³-hybridized carbons (Fsp3) is 0.136. The van der Waals surface area contributed by atoms with Crippen LogP contribution >= 0.6 is 0 Å². The molecule has 3 aromatic rings. The number of hydrogen-bond acceptors (Lipinski definition) is 4. The van der Waals surface area contributed by atoms with Gasteiger partial charge >= 0.3 is 0 Å². The molecule has 2 aromatic carbocycles. The first-order valence-electron chi connectivity index (χ1n) is 8.98. The van der Waals surface area contributed by atoms with Crippen LogP contribution in [0.25, 0.3) is 0 Å². The number of rotatable bonds is 6. The van der Waals surface area contributed by atoms with Gasteiger partial charge in [0.15, 0.2) is 0 Å². The molecule has 0 saturated carbocycles. The predicted octanol–water partition coefficient (Wildman–Crippen LogP) is 3.05. The molecule has 3 amide bonds. The lowest BCUT2D eigenvalue weighted by Gasteiger charge is -2.11. The van der Waals surface area contributed by atoms with Crippen molar-refractivity contribution in [3.8, 4) is 0 Å². The molecule has 6 heteroatoms. The molecule has 0 atom stereocenters. The maximum absolute atomic E-state index is 12.6. The van der Waals surface area contributed by atoms with Crippen LogP contribution in [0.3, 0.4) is 0 Å². The Labute approximate surface area is 161 Å². The number of carbonyl (C=O) groups excluding carboxylic acids is 3. The Morgan fingerprint density at radius 3 is 2.46 bits per heavy atom. The number of imide groups is 1. The monoisotopic (exact) mass is 374 g/mol. The van der Waals surface area contributed by atoms with Crippen molar-refractivity contribution in [1.29, 1.82) is 0 Å². The van der Waals surface area contributed by atoms with E-state index in [0.717, 1.165) is 10.5 Å². The lowest BCUT2D eigenvalue weighted by atomic mass is 10.1. The molecule has 0 fully saturated rings. The van der Waals surface area contributed by atoms with Crippen molar-refractivity contribution in [1.82, 2.24) is 10.2 Å². The Hall–Kier alpha value is -3.67. The normalized spacial score (nSPS) is 12.9. The molecule has 0 spiro atoms. The molecule has 1 aliphatic heterocycles. The topological polar surface area (TPSA) is 79.6 Å². The number of fused-ring (bicyclic) bond motifs is 1. The quantitative estimate of drug-likeness (QED) is 0.673. The molecule has 0 radical (unpaired) electrons. The van der Waals surface area contributed by atoms with Crippen molar-refractivity contribution >= 4 is 17.7 Å². The largest absolute Gasteiger partial charge is 0.467 e. The van der Waals surface area contributed by atoms with Crippen molar-refractivity contribution in [2.45, 2.75) is 13.0 Å². The van der Waals surface area contributed by atoms with Crippen LogP contribution in [-0.2, 0) is 13.0 Å². The van der Waals surface area contributed by atoms with Crippen molar-refractivity contribution < 1.29 is 18.8 Å². The molecule has 1 aromatic heterocycles. The summed E-state index contributed by atoms with van der Waals surface area (Å²) in [5.41, 5.74) is 2.03. The number of carbonyl (C=O) groups is 3. The number of nitrogens with one attached hydrogen (secondary N) is 1. The first kappa shape index (κ1) is 17.7. The third-order valence-corrected chi connectivity index (χ3v) is 4.67. The fourth-order valence-electron chi connectivity index (χ4n) is 3.20. The van der Waals surface area contributed by atoms with E-state index in [0.29, 0.717) is 29.9 Å². The Bertz CT molecular complexity index is 1030. The van der Waals surface area contributed by atoms with Gasteiger partial charge in [0, 0.05) is 12.1 Å². The van der Waals surface area contributed by atoms with Crippen LogP contribution in [0.15, 0.2) is 71.3 Å². The average Bonchev–Trinajstić information content (AvgIpc) is 3.32. The summed E-state index contributed by atoms with van der Waals surface area (Å²) < 4.78 is 5.22. The molecule has 4 rings (SSSR count). The second-order valence-electron chi connectivity index (χ2n) is 6.53. The van der Waals surface area contributed by atoms with Crippen LogP contribution in [-0.4, -0.2) is 29.2 Å². The summed E-state index contributed by atoms with van der Waals surface area (Å²) in [6, 6.07) is 17.8. The third-order valence-electron chi connectivity index (χ3n) is 4.67. The highest BCUT2D eigenvalue weighted by atomic mass is 16.3. The van der Waals surface area contributed by atoms with Crippen LogP contribution in [0.4, 0.5) is 0 Å². The van der Waals surface area contributed by atoms with Crippen molar-refractivity contribution in [2.75, 3.05) is 6.54 Å². The third kappa shape index (κ3) is 3.44. The van der Waals surface area contributed by atoms with Gasteiger partial charge in [-0.25, -0.2) is 0 Å². The molecule has 28 heavy (non-hydrogen) atoms. The summed E-state index contributed by atoms with van der Waals surface area (Å²) in [6.45, 7) is 0.551. The minimum Gasteiger partial charge on any atom is -0.467 e. The van der Waals surface area contributed by atoms with Crippen molar-refractivity contribution in [2.24, 2.45) is 0 Å². The van der Waals surface area contributed by atoms with Gasteiger partial charge in [0.2, 0.25) is 0 Å². The van der Waals surface area contributed by atoms with E-state index in [1.54, 1.807) is 18.2 Å². The second-order valence-corrected chi connectivity index (χ2v) is 6.53. The zero-order chi connectivity index (χ0) is 19.5. The van der Waals surface area contributed by atoms with Gasteiger partial charge in [-0.15, -0.1) is 0 Å². The highest BCUT2D eigenvalue weighted by Gasteiger charge is 2.36. The van der Waals surface area contributed by atoms with Gasteiger partial charge in [-0.2, -0.15) is 0 Å². The minimum atomic E-state index is -0.421. The Balaban J connectivity index is 1.44. The lowest BCUT2D eigenvalue weighted by molar-refractivity contribution is 0.0631. The number of benzene rings is 2. The minimum absolute atomic E-state index is 0.0674. The van der Waals surface area contributed by atoms with Crippen LogP contribution in [0, 0.1) is 0 Å². The fourth-order valence-corrected chi connectivity index (χ4v) is 3.20. The number of nitrogens with zero attached hydrogens (tertiary/aromatic N) is 1. The summed E-state index contributed by atoms with van der Waals surface area (Å²) in [7, 11) is 0. The first-order chi connectivity index (χ1) is 13.6. The van der Waals surface area contributed by atoms with E-state index < -0.39 is 5.91 Å². The van der Waals surface area contributed by atoms with Crippen molar-refractivity contribution in [3.63, 3.8) is 0 Å². The first-order valence-corrected chi connectivity index (χ1v) is 8.98. The second kappa shape index (κ2) is 7.52. The Kier molecular flexibility index (Phi) is 4.76. The highest BCUT2D eigenvalue weighted by molar-refractivity contribution is 6.22. The smallest absolute Gasteiger partial charge is 0.261 e. The molecule has 1 aliphatic rings. The zero-order valence-electron chi connectivity index (χ0n) is 15.1. The molecule has 0 bridgehead atoms. The van der Waals surface area contributed by atoms with Gasteiger partial charge in [0.1, 0.15) is 5.76 Å². The van der Waals surface area contributed by atoms with Crippen molar-refractivity contribution in [3.05, 3.63) is 94.9 Å². The molecular weight excluding hydrogens is 356 g/mol. The van der Waals surface area contributed by atoms with Gasteiger partial charge in [-0.3, -0.25) is 19.3 Å². The molecule has 140 valence electrons. The van der Waals surface area contributed by atoms with Gasteiger partial charge in [-0.1, -0.05) is 30.3 Å². The van der Waals surface area contributed by atoms with Gasteiger partial charge < -0.3 is 9.73 Å². The summed E-state index contributed by atoms with van der Waals surface area (Å²) >= 11 is 0. The molecule has 2 heterocycles. The molecule has 6 nitrogen and oxygen atoms in total. The standard InChI is InChI=1S/C22H18N2O4/c25-20(23-11-10-15-5-2-1-3-6-15)16-8-9-18-19(13-16)22(27)24(21(18)26)14-17-7-4-12-28-17/h1-9,12-13H,10-11,14H2,(H,23,25). The average molecular weight is 374 g/mol. The highest BCUT2D eigenvalue weighted by Crippen LogP contribution is 2.25.